The second kappa shape index (κ2) is 5.20. The standard InChI is InChI=1S/C13H18N2O2S/c1-3-13(2)9-15(7-8-17-13)12(16)10-5-4-6-14-11(10)18/h4-6H,3,7-9H2,1-2H3,(H,14,18). The number of amides is 1. The van der Waals surface area contributed by atoms with Gasteiger partial charge in [-0.05, 0) is 25.5 Å². The average molecular weight is 266 g/mol. The Bertz CT molecular complexity index is 500. The van der Waals surface area contributed by atoms with Crippen molar-refractivity contribution in [3.8, 4) is 0 Å². The van der Waals surface area contributed by atoms with Gasteiger partial charge in [0.15, 0.2) is 0 Å². The summed E-state index contributed by atoms with van der Waals surface area (Å²) in [6.45, 7) is 5.93. The van der Waals surface area contributed by atoms with E-state index in [2.05, 4.69) is 11.9 Å². The highest BCUT2D eigenvalue weighted by molar-refractivity contribution is 7.71. The number of pyridine rings is 1. The van der Waals surface area contributed by atoms with Crippen molar-refractivity contribution in [3.05, 3.63) is 28.5 Å². The van der Waals surface area contributed by atoms with Gasteiger partial charge in [-0.15, -0.1) is 0 Å². The van der Waals surface area contributed by atoms with Crippen LogP contribution in [0.5, 0.6) is 0 Å². The lowest BCUT2D eigenvalue weighted by atomic mass is 10.0. The number of morpholine rings is 1. The molecule has 1 saturated heterocycles. The molecule has 4 nitrogen and oxygen atoms in total. The van der Waals surface area contributed by atoms with Gasteiger partial charge in [0.2, 0.25) is 0 Å². The summed E-state index contributed by atoms with van der Waals surface area (Å²) in [5, 5.41) is 0. The molecular weight excluding hydrogens is 248 g/mol. The van der Waals surface area contributed by atoms with Gasteiger partial charge in [-0.25, -0.2) is 0 Å². The first-order valence-corrected chi connectivity index (χ1v) is 6.57. The SMILES string of the molecule is CCC1(C)CN(C(=O)c2ccc[nH]c2=S)CCO1. The van der Waals surface area contributed by atoms with Crippen LogP contribution in [0.1, 0.15) is 30.6 Å². The third kappa shape index (κ3) is 2.62. The number of carbonyl (C=O) groups is 1. The topological polar surface area (TPSA) is 45.3 Å². The van der Waals surface area contributed by atoms with Gasteiger partial charge in [-0.3, -0.25) is 4.79 Å². The van der Waals surface area contributed by atoms with Crippen LogP contribution < -0.4 is 0 Å². The number of H-pyrrole nitrogens is 1. The highest BCUT2D eigenvalue weighted by Crippen LogP contribution is 2.22. The summed E-state index contributed by atoms with van der Waals surface area (Å²) in [7, 11) is 0. The van der Waals surface area contributed by atoms with E-state index in [1.165, 1.54) is 0 Å². The van der Waals surface area contributed by atoms with Crippen molar-refractivity contribution in [3.63, 3.8) is 0 Å². The molecule has 0 bridgehead atoms. The Balaban J connectivity index is 2.20. The van der Waals surface area contributed by atoms with Crippen molar-refractivity contribution in [1.29, 1.82) is 0 Å². The van der Waals surface area contributed by atoms with E-state index in [1.807, 2.05) is 11.8 Å². The van der Waals surface area contributed by atoms with Crippen LogP contribution in [-0.4, -0.2) is 41.1 Å². The van der Waals surface area contributed by atoms with Crippen LogP contribution in [0.15, 0.2) is 18.3 Å². The van der Waals surface area contributed by atoms with Crippen molar-refractivity contribution in [2.45, 2.75) is 25.9 Å². The Morgan fingerprint density at radius 3 is 3.11 bits per heavy atom. The highest BCUT2D eigenvalue weighted by Gasteiger charge is 2.33. The molecule has 2 rings (SSSR count). The predicted octanol–water partition coefficient (Wildman–Crippen LogP) is 2.39. The smallest absolute Gasteiger partial charge is 0.257 e. The zero-order chi connectivity index (χ0) is 13.2. The first-order chi connectivity index (χ1) is 8.56. The normalized spacial score (nSPS) is 24.0. The minimum absolute atomic E-state index is 0.0141. The molecule has 1 aliphatic heterocycles. The van der Waals surface area contributed by atoms with Gasteiger partial charge < -0.3 is 14.6 Å². The third-order valence-electron chi connectivity index (χ3n) is 3.42. The van der Waals surface area contributed by atoms with E-state index in [-0.39, 0.29) is 11.5 Å². The third-order valence-corrected chi connectivity index (χ3v) is 3.76. The van der Waals surface area contributed by atoms with E-state index in [0.29, 0.717) is 29.9 Å². The molecule has 1 aromatic heterocycles. The van der Waals surface area contributed by atoms with Crippen LogP contribution in [0.4, 0.5) is 0 Å². The van der Waals surface area contributed by atoms with E-state index in [9.17, 15) is 4.79 Å². The minimum atomic E-state index is -0.242. The average Bonchev–Trinajstić information content (AvgIpc) is 2.39. The van der Waals surface area contributed by atoms with Gasteiger partial charge in [0, 0.05) is 19.3 Å². The van der Waals surface area contributed by atoms with Crippen molar-refractivity contribution in [2.24, 2.45) is 0 Å². The van der Waals surface area contributed by atoms with Crippen LogP contribution in [0.25, 0.3) is 0 Å². The Kier molecular flexibility index (Phi) is 3.82. The molecule has 1 atom stereocenters. The lowest BCUT2D eigenvalue weighted by Gasteiger charge is -2.40. The summed E-state index contributed by atoms with van der Waals surface area (Å²) < 4.78 is 6.23. The van der Waals surface area contributed by atoms with Gasteiger partial charge in [0.25, 0.3) is 5.91 Å². The lowest BCUT2D eigenvalue weighted by Crippen LogP contribution is -2.51. The van der Waals surface area contributed by atoms with E-state index >= 15 is 0 Å². The number of hydrogen-bond donors (Lipinski definition) is 1. The van der Waals surface area contributed by atoms with Crippen molar-refractivity contribution >= 4 is 18.1 Å². The maximum atomic E-state index is 12.4. The molecule has 0 saturated carbocycles. The van der Waals surface area contributed by atoms with Crippen LogP contribution >= 0.6 is 12.2 Å². The number of nitrogens with one attached hydrogen (secondary N) is 1. The van der Waals surface area contributed by atoms with E-state index in [1.54, 1.807) is 18.3 Å². The zero-order valence-electron chi connectivity index (χ0n) is 10.7. The number of ether oxygens (including phenoxy) is 1. The predicted molar refractivity (Wildman–Crippen MR) is 72.2 cm³/mol. The lowest BCUT2D eigenvalue weighted by molar-refractivity contribution is -0.0897. The first-order valence-electron chi connectivity index (χ1n) is 6.17. The van der Waals surface area contributed by atoms with Gasteiger partial charge in [0.1, 0.15) is 4.64 Å². The second-order valence-electron chi connectivity index (χ2n) is 4.79. The Morgan fingerprint density at radius 1 is 1.67 bits per heavy atom. The molecule has 0 aliphatic carbocycles. The Labute approximate surface area is 112 Å². The van der Waals surface area contributed by atoms with E-state index < -0.39 is 0 Å². The summed E-state index contributed by atoms with van der Waals surface area (Å²) in [6.07, 6.45) is 2.62. The summed E-state index contributed by atoms with van der Waals surface area (Å²) in [6, 6.07) is 3.56. The molecule has 18 heavy (non-hydrogen) atoms. The molecule has 1 fully saturated rings. The largest absolute Gasteiger partial charge is 0.372 e. The van der Waals surface area contributed by atoms with Crippen molar-refractivity contribution in [1.82, 2.24) is 9.88 Å². The number of carbonyl (C=O) groups excluding carboxylic acids is 1. The molecule has 5 heteroatoms. The summed E-state index contributed by atoms with van der Waals surface area (Å²) in [4.78, 5) is 17.1. The van der Waals surface area contributed by atoms with Crippen LogP contribution in [-0.2, 0) is 4.74 Å². The maximum Gasteiger partial charge on any atom is 0.257 e. The molecule has 1 amide bonds. The van der Waals surface area contributed by atoms with E-state index in [0.717, 1.165) is 6.42 Å². The quantitative estimate of drug-likeness (QED) is 0.836. The van der Waals surface area contributed by atoms with Crippen LogP contribution in [0.3, 0.4) is 0 Å². The van der Waals surface area contributed by atoms with Gasteiger partial charge >= 0.3 is 0 Å². The summed E-state index contributed by atoms with van der Waals surface area (Å²) in [5.41, 5.74) is 0.321. The molecule has 0 aromatic carbocycles. The molecule has 1 unspecified atom stereocenters. The summed E-state index contributed by atoms with van der Waals surface area (Å²) in [5.74, 6) is -0.0141. The van der Waals surface area contributed by atoms with Crippen molar-refractivity contribution < 1.29 is 9.53 Å². The molecule has 98 valence electrons. The maximum absolute atomic E-state index is 12.4. The fourth-order valence-electron chi connectivity index (χ4n) is 2.08. The molecule has 0 spiro atoms. The number of rotatable bonds is 2. The van der Waals surface area contributed by atoms with E-state index in [4.69, 9.17) is 17.0 Å². The highest BCUT2D eigenvalue weighted by atomic mass is 32.1. The van der Waals surface area contributed by atoms with Gasteiger partial charge in [-0.2, -0.15) is 0 Å². The summed E-state index contributed by atoms with van der Waals surface area (Å²) >= 11 is 5.15. The van der Waals surface area contributed by atoms with Crippen LogP contribution in [0, 0.1) is 4.64 Å². The number of aromatic nitrogens is 1. The number of hydrogen-bond acceptors (Lipinski definition) is 3. The second-order valence-corrected chi connectivity index (χ2v) is 5.20. The minimum Gasteiger partial charge on any atom is -0.372 e. The first kappa shape index (κ1) is 13.2. The molecule has 2 heterocycles. The zero-order valence-corrected chi connectivity index (χ0v) is 11.5. The number of aromatic amines is 1. The molecule has 1 N–H and O–H groups in total. The fourth-order valence-corrected chi connectivity index (χ4v) is 2.30. The Morgan fingerprint density at radius 2 is 2.44 bits per heavy atom. The molecular formula is C13H18N2O2S. The molecule has 1 aromatic rings. The fraction of sp³-hybridized carbons (Fsp3) is 0.538. The monoisotopic (exact) mass is 266 g/mol. The Hall–Kier alpha value is -1.20. The van der Waals surface area contributed by atoms with Gasteiger partial charge in [0.05, 0.1) is 17.8 Å². The van der Waals surface area contributed by atoms with Gasteiger partial charge in [-0.1, -0.05) is 19.1 Å². The van der Waals surface area contributed by atoms with Crippen LogP contribution in [0.2, 0.25) is 0 Å². The van der Waals surface area contributed by atoms with Crippen molar-refractivity contribution in [2.75, 3.05) is 19.7 Å². The molecule has 1 aliphatic rings. The molecule has 0 radical (unpaired) electrons. The number of nitrogens with zero attached hydrogens (tertiary/aromatic N) is 1.